The van der Waals surface area contributed by atoms with Crippen molar-refractivity contribution in [3.63, 3.8) is 0 Å². The minimum Gasteiger partial charge on any atom is -0.358 e. The van der Waals surface area contributed by atoms with Crippen molar-refractivity contribution in [1.82, 2.24) is 4.98 Å². The Morgan fingerprint density at radius 1 is 1.38 bits per heavy atom. The number of aryl methyl sites for hydroxylation is 1. The van der Waals surface area contributed by atoms with Crippen LogP contribution in [-0.4, -0.2) is 4.98 Å². The van der Waals surface area contributed by atoms with Crippen molar-refractivity contribution in [2.45, 2.75) is 11.9 Å². The Labute approximate surface area is 85.3 Å². The summed E-state index contributed by atoms with van der Waals surface area (Å²) in [6.45, 7) is 2.04. The van der Waals surface area contributed by atoms with Crippen molar-refractivity contribution in [2.24, 2.45) is 5.73 Å². The molecule has 2 nitrogen and oxygen atoms in total. The quantitative estimate of drug-likeness (QED) is 0.583. The summed E-state index contributed by atoms with van der Waals surface area (Å²) in [4.78, 5) is 3.20. The van der Waals surface area contributed by atoms with Gasteiger partial charge in [-0.25, -0.2) is 0 Å². The predicted molar refractivity (Wildman–Crippen MR) is 58.9 cm³/mol. The lowest BCUT2D eigenvalue weighted by molar-refractivity contribution is 1.04. The molecule has 3 N–H and O–H groups in total. The van der Waals surface area contributed by atoms with E-state index in [0.29, 0.717) is 0 Å². The predicted octanol–water partition coefficient (Wildman–Crippen LogP) is 2.83. The fourth-order valence-electron chi connectivity index (χ4n) is 1.65. The molecule has 0 saturated carbocycles. The Morgan fingerprint density at radius 2 is 2.08 bits per heavy atom. The van der Waals surface area contributed by atoms with E-state index in [-0.39, 0.29) is 4.95 Å². The fraction of sp³-hybridized carbons (Fsp3) is 0.200. The van der Waals surface area contributed by atoms with Crippen LogP contribution in [0, 0.1) is 6.92 Å². The summed E-state index contributed by atoms with van der Waals surface area (Å²) in [5, 5.41) is 1.20. The van der Waals surface area contributed by atoms with Gasteiger partial charge in [0.05, 0.1) is 4.95 Å². The second kappa shape index (κ2) is 3.16. The van der Waals surface area contributed by atoms with Gasteiger partial charge in [-0.2, -0.15) is 0 Å². The average Bonchev–Trinajstić information content (AvgIpc) is 2.39. The van der Waals surface area contributed by atoms with Gasteiger partial charge in [0.15, 0.2) is 0 Å². The first-order valence-electron chi connectivity index (χ1n) is 4.17. The standard InChI is InChI=1S/C10H11BrN2/c1-6-9(10(11)12)7-4-2-3-5-8(7)13-6/h2-5,10,13H,12H2,1H3. The fourth-order valence-corrected chi connectivity index (χ4v) is 2.24. The Hall–Kier alpha value is -0.800. The van der Waals surface area contributed by atoms with E-state index in [1.54, 1.807) is 0 Å². The van der Waals surface area contributed by atoms with Crippen molar-refractivity contribution in [3.8, 4) is 0 Å². The van der Waals surface area contributed by atoms with Crippen LogP contribution in [-0.2, 0) is 0 Å². The van der Waals surface area contributed by atoms with Gasteiger partial charge in [0.25, 0.3) is 0 Å². The molecule has 0 saturated heterocycles. The summed E-state index contributed by atoms with van der Waals surface area (Å²) < 4.78 is 0. The normalized spacial score (nSPS) is 13.5. The molecule has 1 aromatic heterocycles. The molecule has 0 spiro atoms. The average molecular weight is 239 g/mol. The van der Waals surface area contributed by atoms with Crippen LogP contribution in [0.3, 0.4) is 0 Å². The molecule has 13 heavy (non-hydrogen) atoms. The molecule has 0 amide bonds. The zero-order valence-electron chi connectivity index (χ0n) is 7.34. The number of nitrogens with two attached hydrogens (primary N) is 1. The van der Waals surface area contributed by atoms with E-state index < -0.39 is 0 Å². The summed E-state index contributed by atoms with van der Waals surface area (Å²) in [5.41, 5.74) is 9.24. The van der Waals surface area contributed by atoms with E-state index in [9.17, 15) is 0 Å². The van der Waals surface area contributed by atoms with Crippen LogP contribution >= 0.6 is 15.9 Å². The first kappa shape index (κ1) is 8.78. The second-order valence-corrected chi connectivity index (χ2v) is 4.10. The number of aromatic nitrogens is 1. The maximum atomic E-state index is 5.82. The Bertz CT molecular complexity index is 431. The smallest absolute Gasteiger partial charge is 0.0885 e. The summed E-state index contributed by atoms with van der Waals surface area (Å²) in [6, 6.07) is 8.17. The lowest BCUT2D eigenvalue weighted by Crippen LogP contribution is -2.01. The number of fused-ring (bicyclic) bond motifs is 1. The van der Waals surface area contributed by atoms with Crippen LogP contribution in [0.4, 0.5) is 0 Å². The molecule has 0 aliphatic heterocycles. The van der Waals surface area contributed by atoms with Crippen LogP contribution in [0.1, 0.15) is 16.2 Å². The van der Waals surface area contributed by atoms with E-state index in [1.807, 2.05) is 19.1 Å². The second-order valence-electron chi connectivity index (χ2n) is 3.11. The van der Waals surface area contributed by atoms with Gasteiger partial charge >= 0.3 is 0 Å². The minimum atomic E-state index is -0.0938. The van der Waals surface area contributed by atoms with Crippen molar-refractivity contribution in [2.75, 3.05) is 0 Å². The van der Waals surface area contributed by atoms with E-state index in [0.717, 1.165) is 16.8 Å². The van der Waals surface area contributed by atoms with Crippen molar-refractivity contribution < 1.29 is 0 Å². The van der Waals surface area contributed by atoms with Gasteiger partial charge in [-0.05, 0) is 13.0 Å². The van der Waals surface area contributed by atoms with Crippen molar-refractivity contribution in [1.29, 1.82) is 0 Å². The maximum absolute atomic E-state index is 5.82. The molecule has 1 unspecified atom stereocenters. The van der Waals surface area contributed by atoms with E-state index in [1.165, 1.54) is 5.39 Å². The van der Waals surface area contributed by atoms with E-state index in [4.69, 9.17) is 5.73 Å². The molecule has 1 aromatic carbocycles. The summed E-state index contributed by atoms with van der Waals surface area (Å²) >= 11 is 3.39. The molecule has 0 aliphatic carbocycles. The molecule has 0 bridgehead atoms. The highest BCUT2D eigenvalue weighted by atomic mass is 79.9. The summed E-state index contributed by atoms with van der Waals surface area (Å²) in [7, 11) is 0. The Balaban J connectivity index is 2.78. The largest absolute Gasteiger partial charge is 0.358 e. The first-order chi connectivity index (χ1) is 6.20. The Kier molecular flexibility index (Phi) is 2.14. The molecule has 2 aromatic rings. The van der Waals surface area contributed by atoms with Crippen molar-refractivity contribution in [3.05, 3.63) is 35.5 Å². The number of halogens is 1. The molecule has 68 valence electrons. The lowest BCUT2D eigenvalue weighted by Gasteiger charge is -2.02. The third-order valence-corrected chi connectivity index (χ3v) is 2.68. The SMILES string of the molecule is Cc1[nH]c2ccccc2c1C(N)Br. The van der Waals surface area contributed by atoms with Gasteiger partial charge in [0, 0.05) is 22.2 Å². The monoisotopic (exact) mass is 238 g/mol. The molecular weight excluding hydrogens is 228 g/mol. The molecule has 1 heterocycles. The molecular formula is C10H11BrN2. The molecule has 1 atom stereocenters. The number of benzene rings is 1. The molecule has 2 rings (SSSR count). The minimum absolute atomic E-state index is 0.0938. The number of hydrogen-bond acceptors (Lipinski definition) is 1. The zero-order chi connectivity index (χ0) is 9.42. The number of para-hydroxylation sites is 1. The number of nitrogens with one attached hydrogen (secondary N) is 1. The maximum Gasteiger partial charge on any atom is 0.0885 e. The highest BCUT2D eigenvalue weighted by Crippen LogP contribution is 2.29. The number of rotatable bonds is 1. The topological polar surface area (TPSA) is 41.8 Å². The van der Waals surface area contributed by atoms with Gasteiger partial charge in [0.1, 0.15) is 0 Å². The Morgan fingerprint density at radius 3 is 2.77 bits per heavy atom. The highest BCUT2D eigenvalue weighted by Gasteiger charge is 2.11. The van der Waals surface area contributed by atoms with E-state index >= 15 is 0 Å². The third-order valence-electron chi connectivity index (χ3n) is 2.22. The lowest BCUT2D eigenvalue weighted by atomic mass is 10.1. The summed E-state index contributed by atoms with van der Waals surface area (Å²) in [5.74, 6) is 0. The first-order valence-corrected chi connectivity index (χ1v) is 5.08. The van der Waals surface area contributed by atoms with Crippen molar-refractivity contribution >= 4 is 26.8 Å². The van der Waals surface area contributed by atoms with Crippen LogP contribution in [0.15, 0.2) is 24.3 Å². The molecule has 0 aliphatic rings. The van der Waals surface area contributed by atoms with Crippen LogP contribution in [0.25, 0.3) is 10.9 Å². The number of aromatic amines is 1. The van der Waals surface area contributed by atoms with Gasteiger partial charge in [-0.1, -0.05) is 34.1 Å². The highest BCUT2D eigenvalue weighted by molar-refractivity contribution is 9.09. The van der Waals surface area contributed by atoms with Crippen LogP contribution in [0.2, 0.25) is 0 Å². The van der Waals surface area contributed by atoms with Gasteiger partial charge in [-0.15, -0.1) is 0 Å². The number of alkyl halides is 1. The third kappa shape index (κ3) is 1.38. The molecule has 0 radical (unpaired) electrons. The summed E-state index contributed by atoms with van der Waals surface area (Å²) in [6.07, 6.45) is 0. The van der Waals surface area contributed by atoms with Gasteiger partial charge in [-0.3, -0.25) is 0 Å². The van der Waals surface area contributed by atoms with Gasteiger partial charge < -0.3 is 10.7 Å². The van der Waals surface area contributed by atoms with E-state index in [2.05, 4.69) is 33.0 Å². The number of H-pyrrole nitrogens is 1. The zero-order valence-corrected chi connectivity index (χ0v) is 8.93. The molecule has 3 heteroatoms. The molecule has 0 fully saturated rings. The van der Waals surface area contributed by atoms with Gasteiger partial charge in [0.2, 0.25) is 0 Å². The van der Waals surface area contributed by atoms with Crippen LogP contribution in [0.5, 0.6) is 0 Å². The number of hydrogen-bond donors (Lipinski definition) is 2. The van der Waals surface area contributed by atoms with Crippen LogP contribution < -0.4 is 5.73 Å².